The predicted octanol–water partition coefficient (Wildman–Crippen LogP) is 4.29. The van der Waals surface area contributed by atoms with Gasteiger partial charge in [-0.05, 0) is 53.9 Å². The van der Waals surface area contributed by atoms with Gasteiger partial charge in [-0.25, -0.2) is 0 Å². The van der Waals surface area contributed by atoms with Gasteiger partial charge >= 0.3 is 0 Å². The average Bonchev–Trinajstić information content (AvgIpc) is 3.14. The van der Waals surface area contributed by atoms with Gasteiger partial charge < -0.3 is 5.32 Å². The fourth-order valence-corrected chi connectivity index (χ4v) is 4.58. The maximum absolute atomic E-state index is 4.66. The molecule has 0 saturated carbocycles. The second-order valence-corrected chi connectivity index (χ2v) is 6.56. The van der Waals surface area contributed by atoms with Crippen molar-refractivity contribution in [3.63, 3.8) is 0 Å². The summed E-state index contributed by atoms with van der Waals surface area (Å²) in [6.07, 6.45) is 4.26. The first-order valence-electron chi connectivity index (χ1n) is 7.45. The zero-order chi connectivity index (χ0) is 14.2. The Morgan fingerprint density at radius 1 is 1.24 bits per heavy atom. The Morgan fingerprint density at radius 2 is 2.14 bits per heavy atom. The lowest BCUT2D eigenvalue weighted by molar-refractivity contribution is 0.473. The maximum Gasteiger partial charge on any atom is 0.0485 e. The summed E-state index contributed by atoms with van der Waals surface area (Å²) in [6, 6.07) is 13.3. The summed E-state index contributed by atoms with van der Waals surface area (Å²) in [6.45, 7) is 0. The molecule has 4 rings (SSSR count). The Labute approximate surface area is 128 Å². The molecule has 1 aliphatic rings. The summed E-state index contributed by atoms with van der Waals surface area (Å²) in [7, 11) is 2.07. The molecule has 2 nitrogen and oxygen atoms in total. The van der Waals surface area contributed by atoms with Gasteiger partial charge in [0, 0.05) is 28.6 Å². The van der Waals surface area contributed by atoms with Crippen LogP contribution in [0.3, 0.4) is 0 Å². The van der Waals surface area contributed by atoms with Gasteiger partial charge in [-0.3, -0.25) is 4.98 Å². The van der Waals surface area contributed by atoms with Gasteiger partial charge in [-0.2, -0.15) is 0 Å². The summed E-state index contributed by atoms with van der Waals surface area (Å²) < 4.78 is 1.37. The smallest absolute Gasteiger partial charge is 0.0485 e. The van der Waals surface area contributed by atoms with Crippen LogP contribution in [0, 0.1) is 0 Å². The van der Waals surface area contributed by atoms with Crippen LogP contribution in [-0.2, 0) is 6.42 Å². The van der Waals surface area contributed by atoms with E-state index < -0.39 is 0 Å². The first-order valence-corrected chi connectivity index (χ1v) is 8.33. The molecule has 0 saturated heterocycles. The van der Waals surface area contributed by atoms with Crippen LogP contribution in [0.5, 0.6) is 0 Å². The Morgan fingerprint density at radius 3 is 3.05 bits per heavy atom. The Bertz CT molecular complexity index is 777. The number of hydrogen-bond acceptors (Lipinski definition) is 3. The third-order valence-electron chi connectivity index (χ3n) is 4.56. The standard InChI is InChI=1S/C18H18N2S/c1-19-18(14-9-8-12-5-4-10-20-17(12)14)15-11-21-16-7-3-2-6-13(15)16/h2-7,10-11,14,18-19H,8-9H2,1H3. The van der Waals surface area contributed by atoms with Gasteiger partial charge in [-0.1, -0.05) is 24.3 Å². The molecule has 3 heteroatoms. The van der Waals surface area contributed by atoms with Crippen molar-refractivity contribution in [2.45, 2.75) is 24.8 Å². The SMILES string of the molecule is CNC(c1csc2ccccc12)C1CCc2cccnc21. The van der Waals surface area contributed by atoms with Crippen molar-refractivity contribution in [1.29, 1.82) is 0 Å². The highest BCUT2D eigenvalue weighted by molar-refractivity contribution is 7.17. The number of nitrogens with zero attached hydrogens (tertiary/aromatic N) is 1. The molecule has 2 heterocycles. The number of benzene rings is 1. The summed E-state index contributed by atoms with van der Waals surface area (Å²) >= 11 is 1.84. The van der Waals surface area contributed by atoms with Gasteiger partial charge in [0.1, 0.15) is 0 Å². The molecular formula is C18H18N2S. The number of likely N-dealkylation sites (N-methyl/N-ethyl adjacent to an activating group) is 1. The fraction of sp³-hybridized carbons (Fsp3) is 0.278. The Balaban J connectivity index is 1.79. The van der Waals surface area contributed by atoms with Gasteiger partial charge in [0.25, 0.3) is 0 Å². The molecular weight excluding hydrogens is 276 g/mol. The Kier molecular flexibility index (Phi) is 3.24. The van der Waals surface area contributed by atoms with E-state index in [1.807, 2.05) is 17.5 Å². The molecule has 0 spiro atoms. The van der Waals surface area contributed by atoms with Crippen LogP contribution < -0.4 is 5.32 Å². The van der Waals surface area contributed by atoms with E-state index in [1.54, 1.807) is 0 Å². The number of rotatable bonds is 3. The number of fused-ring (bicyclic) bond motifs is 2. The van der Waals surface area contributed by atoms with Crippen molar-refractivity contribution in [1.82, 2.24) is 10.3 Å². The molecule has 2 aromatic heterocycles. The van der Waals surface area contributed by atoms with Crippen molar-refractivity contribution in [2.75, 3.05) is 7.05 Å². The predicted molar refractivity (Wildman–Crippen MR) is 88.9 cm³/mol. The van der Waals surface area contributed by atoms with Gasteiger partial charge in [0.05, 0.1) is 0 Å². The van der Waals surface area contributed by atoms with E-state index in [4.69, 9.17) is 0 Å². The minimum Gasteiger partial charge on any atom is -0.312 e. The number of aromatic nitrogens is 1. The average molecular weight is 294 g/mol. The van der Waals surface area contributed by atoms with E-state index >= 15 is 0 Å². The fourth-order valence-electron chi connectivity index (χ4n) is 3.58. The lowest BCUT2D eigenvalue weighted by Crippen LogP contribution is -2.22. The summed E-state index contributed by atoms with van der Waals surface area (Å²) in [5.41, 5.74) is 4.12. The molecule has 2 atom stereocenters. The van der Waals surface area contributed by atoms with Crippen LogP contribution in [0.25, 0.3) is 10.1 Å². The molecule has 0 bridgehead atoms. The van der Waals surface area contributed by atoms with Crippen LogP contribution in [0.4, 0.5) is 0 Å². The maximum atomic E-state index is 4.66. The number of nitrogens with one attached hydrogen (secondary N) is 1. The highest BCUT2D eigenvalue weighted by Crippen LogP contribution is 2.43. The minimum atomic E-state index is 0.345. The highest BCUT2D eigenvalue weighted by atomic mass is 32.1. The van der Waals surface area contributed by atoms with Crippen molar-refractivity contribution in [3.05, 3.63) is 64.8 Å². The van der Waals surface area contributed by atoms with Crippen LogP contribution >= 0.6 is 11.3 Å². The van der Waals surface area contributed by atoms with Crippen LogP contribution in [0.15, 0.2) is 48.0 Å². The molecule has 0 aliphatic heterocycles. The number of hydrogen-bond donors (Lipinski definition) is 1. The van der Waals surface area contributed by atoms with Gasteiger partial charge in [0.15, 0.2) is 0 Å². The summed E-state index contributed by atoms with van der Waals surface area (Å²) in [5, 5.41) is 7.24. The lowest BCUT2D eigenvalue weighted by atomic mass is 9.90. The van der Waals surface area contributed by atoms with E-state index in [0.29, 0.717) is 12.0 Å². The molecule has 106 valence electrons. The second kappa shape index (κ2) is 5.24. The molecule has 0 amide bonds. The lowest BCUT2D eigenvalue weighted by Gasteiger charge is -2.23. The van der Waals surface area contributed by atoms with Crippen LogP contribution in [-0.4, -0.2) is 12.0 Å². The normalized spacial score (nSPS) is 18.8. The highest BCUT2D eigenvalue weighted by Gasteiger charge is 2.32. The molecule has 1 aliphatic carbocycles. The number of aryl methyl sites for hydroxylation is 1. The summed E-state index contributed by atoms with van der Waals surface area (Å²) in [4.78, 5) is 4.66. The van der Waals surface area contributed by atoms with Crippen molar-refractivity contribution in [2.24, 2.45) is 0 Å². The third kappa shape index (κ3) is 2.08. The van der Waals surface area contributed by atoms with Crippen LogP contribution in [0.2, 0.25) is 0 Å². The monoisotopic (exact) mass is 294 g/mol. The van der Waals surface area contributed by atoms with E-state index in [2.05, 4.69) is 59.1 Å². The summed E-state index contributed by atoms with van der Waals surface area (Å²) in [5.74, 6) is 0.476. The zero-order valence-electron chi connectivity index (χ0n) is 12.0. The third-order valence-corrected chi connectivity index (χ3v) is 5.54. The van der Waals surface area contributed by atoms with Crippen molar-refractivity contribution < 1.29 is 0 Å². The van der Waals surface area contributed by atoms with Crippen molar-refractivity contribution >= 4 is 21.4 Å². The van der Waals surface area contributed by atoms with E-state index in [0.717, 1.165) is 6.42 Å². The minimum absolute atomic E-state index is 0.345. The van der Waals surface area contributed by atoms with E-state index in [-0.39, 0.29) is 0 Å². The first kappa shape index (κ1) is 13.0. The Hall–Kier alpha value is -1.71. The first-order chi connectivity index (χ1) is 10.4. The molecule has 1 N–H and O–H groups in total. The van der Waals surface area contributed by atoms with E-state index in [9.17, 15) is 0 Å². The number of thiophene rings is 1. The van der Waals surface area contributed by atoms with Crippen molar-refractivity contribution in [3.8, 4) is 0 Å². The molecule has 0 fully saturated rings. The molecule has 21 heavy (non-hydrogen) atoms. The second-order valence-electron chi connectivity index (χ2n) is 5.65. The number of pyridine rings is 1. The van der Waals surface area contributed by atoms with Gasteiger partial charge in [0.2, 0.25) is 0 Å². The largest absolute Gasteiger partial charge is 0.312 e. The van der Waals surface area contributed by atoms with E-state index in [1.165, 1.54) is 33.3 Å². The zero-order valence-corrected chi connectivity index (χ0v) is 12.9. The molecule has 1 aromatic carbocycles. The topological polar surface area (TPSA) is 24.9 Å². The molecule has 3 aromatic rings. The van der Waals surface area contributed by atoms with Gasteiger partial charge in [-0.15, -0.1) is 11.3 Å². The molecule has 0 radical (unpaired) electrons. The quantitative estimate of drug-likeness (QED) is 0.779. The van der Waals surface area contributed by atoms with Crippen LogP contribution in [0.1, 0.15) is 35.2 Å². The molecule has 2 unspecified atom stereocenters.